The number of allylic oxidation sites excluding steroid dienone is 3. The molecule has 0 aromatic heterocycles. The molecule has 31 heavy (non-hydrogen) atoms. The normalized spacial score (nSPS) is 19.3. The van der Waals surface area contributed by atoms with Crippen LogP contribution in [-0.4, -0.2) is 13.1 Å². The van der Waals surface area contributed by atoms with Crippen LogP contribution in [0.1, 0.15) is 44.7 Å². The highest BCUT2D eigenvalue weighted by Gasteiger charge is 2.30. The summed E-state index contributed by atoms with van der Waals surface area (Å²) < 4.78 is 0. The highest BCUT2D eigenvalue weighted by molar-refractivity contribution is 7.84. The number of rotatable bonds is 5. The van der Waals surface area contributed by atoms with Gasteiger partial charge >= 0.3 is 0 Å². The molecule has 0 amide bonds. The third kappa shape index (κ3) is 8.07. The minimum atomic E-state index is 0.226. The zero-order chi connectivity index (χ0) is 22.8. The van der Waals surface area contributed by atoms with Crippen molar-refractivity contribution in [2.45, 2.75) is 39.2 Å². The Hall–Kier alpha value is -1.10. The predicted octanol–water partition coefficient (Wildman–Crippen LogP) is 8.35. The lowest BCUT2D eigenvalue weighted by atomic mass is 9.88. The van der Waals surface area contributed by atoms with Gasteiger partial charge in [0.2, 0.25) is 0 Å². The van der Waals surface area contributed by atoms with Crippen molar-refractivity contribution in [1.29, 1.82) is 0 Å². The SMILES string of the molecule is C/C=C(S)\C=C/CC.NCC1CCC(c2ccc(Cl)cc2Cl)N(c2ccc(Cl)cc2)C1. The third-order valence-electron chi connectivity index (χ3n) is 5.31. The maximum atomic E-state index is 6.45. The molecule has 2 aromatic rings. The molecule has 1 saturated heterocycles. The molecular formula is C25H31Cl3N2S. The van der Waals surface area contributed by atoms with Gasteiger partial charge in [-0.1, -0.05) is 66.0 Å². The fourth-order valence-electron chi connectivity index (χ4n) is 3.59. The summed E-state index contributed by atoms with van der Waals surface area (Å²) in [5.74, 6) is 0.494. The van der Waals surface area contributed by atoms with E-state index >= 15 is 0 Å². The molecule has 2 aromatic carbocycles. The van der Waals surface area contributed by atoms with E-state index in [0.29, 0.717) is 22.5 Å². The lowest BCUT2D eigenvalue weighted by Crippen LogP contribution is -2.40. The van der Waals surface area contributed by atoms with Gasteiger partial charge in [-0.3, -0.25) is 0 Å². The maximum Gasteiger partial charge on any atom is 0.0557 e. The molecule has 168 valence electrons. The van der Waals surface area contributed by atoms with Crippen LogP contribution < -0.4 is 10.6 Å². The Labute approximate surface area is 207 Å². The summed E-state index contributed by atoms with van der Waals surface area (Å²) in [5.41, 5.74) is 8.16. The van der Waals surface area contributed by atoms with Gasteiger partial charge in [0.05, 0.1) is 6.04 Å². The predicted molar refractivity (Wildman–Crippen MR) is 142 cm³/mol. The summed E-state index contributed by atoms with van der Waals surface area (Å²) in [6.07, 6.45) is 9.26. The highest BCUT2D eigenvalue weighted by Crippen LogP contribution is 2.40. The summed E-state index contributed by atoms with van der Waals surface area (Å²) in [6.45, 7) is 5.70. The molecule has 2 unspecified atom stereocenters. The van der Waals surface area contributed by atoms with Crippen LogP contribution in [0.25, 0.3) is 0 Å². The quantitative estimate of drug-likeness (QED) is 0.321. The largest absolute Gasteiger partial charge is 0.364 e. The standard InChI is InChI=1S/C18H19Cl3N2.C7H12S/c19-13-2-5-15(6-3-13)23-11-12(10-22)1-8-18(23)16-7-4-14(20)9-17(16)21;1-3-5-6-7(8)4-2/h2-7,9,12,18H,1,8,10-11,22H2;4-6,8H,3H2,1-2H3/b;6-5-,7-4+. The zero-order valence-electron chi connectivity index (χ0n) is 18.1. The molecule has 1 heterocycles. The van der Waals surface area contributed by atoms with Gasteiger partial charge in [-0.15, -0.1) is 12.6 Å². The molecule has 0 radical (unpaired) electrons. The summed E-state index contributed by atoms with van der Waals surface area (Å²) in [4.78, 5) is 3.42. The van der Waals surface area contributed by atoms with Crippen molar-refractivity contribution in [3.63, 3.8) is 0 Å². The second-order valence-electron chi connectivity index (χ2n) is 7.51. The van der Waals surface area contributed by atoms with Crippen molar-refractivity contribution in [2.24, 2.45) is 11.7 Å². The zero-order valence-corrected chi connectivity index (χ0v) is 21.2. The average Bonchev–Trinajstić information content (AvgIpc) is 2.78. The van der Waals surface area contributed by atoms with Crippen LogP contribution in [0.5, 0.6) is 0 Å². The number of thiol groups is 1. The second-order valence-corrected chi connectivity index (χ2v) is 9.31. The Balaban J connectivity index is 0.000000366. The van der Waals surface area contributed by atoms with E-state index in [1.54, 1.807) is 0 Å². The van der Waals surface area contributed by atoms with E-state index < -0.39 is 0 Å². The van der Waals surface area contributed by atoms with Crippen LogP contribution in [0.4, 0.5) is 5.69 Å². The molecular weight excluding hydrogens is 467 g/mol. The Kier molecular flexibility index (Phi) is 11.3. The fraction of sp³-hybridized carbons (Fsp3) is 0.360. The summed E-state index contributed by atoms with van der Waals surface area (Å²) in [5, 5.41) is 2.11. The smallest absolute Gasteiger partial charge is 0.0557 e. The van der Waals surface area contributed by atoms with E-state index in [1.807, 2.05) is 49.4 Å². The van der Waals surface area contributed by atoms with E-state index in [9.17, 15) is 0 Å². The van der Waals surface area contributed by atoms with Gasteiger partial charge in [-0.05, 0) is 85.5 Å². The van der Waals surface area contributed by atoms with Gasteiger partial charge in [0.15, 0.2) is 0 Å². The number of anilines is 1. The van der Waals surface area contributed by atoms with E-state index in [1.165, 1.54) is 0 Å². The highest BCUT2D eigenvalue weighted by atomic mass is 35.5. The van der Waals surface area contributed by atoms with Crippen molar-refractivity contribution in [3.8, 4) is 0 Å². The van der Waals surface area contributed by atoms with Crippen LogP contribution >= 0.6 is 47.4 Å². The lowest BCUT2D eigenvalue weighted by Gasteiger charge is -2.41. The summed E-state index contributed by atoms with van der Waals surface area (Å²) >= 11 is 22.7. The first-order valence-electron chi connectivity index (χ1n) is 10.6. The van der Waals surface area contributed by atoms with Crippen molar-refractivity contribution >= 4 is 53.1 Å². The Morgan fingerprint density at radius 2 is 1.77 bits per heavy atom. The summed E-state index contributed by atoms with van der Waals surface area (Å²) in [7, 11) is 0. The molecule has 2 N–H and O–H groups in total. The van der Waals surface area contributed by atoms with Crippen molar-refractivity contribution in [2.75, 3.05) is 18.0 Å². The number of piperidine rings is 1. The molecule has 2 nitrogen and oxygen atoms in total. The van der Waals surface area contributed by atoms with Gasteiger partial charge in [0, 0.05) is 27.3 Å². The average molecular weight is 498 g/mol. The fourth-order valence-corrected chi connectivity index (χ4v) is 4.35. The third-order valence-corrected chi connectivity index (χ3v) is 6.53. The van der Waals surface area contributed by atoms with Gasteiger partial charge in [-0.25, -0.2) is 0 Å². The number of nitrogens with zero attached hydrogens (tertiary/aromatic N) is 1. The van der Waals surface area contributed by atoms with Gasteiger partial charge in [0.25, 0.3) is 0 Å². The van der Waals surface area contributed by atoms with Crippen LogP contribution in [-0.2, 0) is 0 Å². The van der Waals surface area contributed by atoms with Gasteiger partial charge in [0.1, 0.15) is 0 Å². The van der Waals surface area contributed by atoms with Crippen molar-refractivity contribution < 1.29 is 0 Å². The topological polar surface area (TPSA) is 29.3 Å². The van der Waals surface area contributed by atoms with Crippen LogP contribution in [0, 0.1) is 5.92 Å². The molecule has 3 rings (SSSR count). The number of hydrogen-bond donors (Lipinski definition) is 2. The Bertz CT molecular complexity index is 881. The molecule has 1 aliphatic heterocycles. The minimum Gasteiger partial charge on any atom is -0.364 e. The number of halogens is 3. The van der Waals surface area contributed by atoms with E-state index in [0.717, 1.165) is 47.0 Å². The number of hydrogen-bond acceptors (Lipinski definition) is 3. The molecule has 0 spiro atoms. The molecule has 0 saturated carbocycles. The maximum absolute atomic E-state index is 6.45. The second kappa shape index (κ2) is 13.4. The van der Waals surface area contributed by atoms with Gasteiger partial charge in [-0.2, -0.15) is 0 Å². The Morgan fingerprint density at radius 3 is 2.35 bits per heavy atom. The molecule has 1 aliphatic rings. The number of nitrogens with two attached hydrogens (primary N) is 1. The minimum absolute atomic E-state index is 0.226. The van der Waals surface area contributed by atoms with Crippen LogP contribution in [0.15, 0.2) is 65.6 Å². The molecule has 0 aliphatic carbocycles. The summed E-state index contributed by atoms with van der Waals surface area (Å²) in [6, 6.07) is 13.9. The number of benzene rings is 2. The van der Waals surface area contributed by atoms with Crippen molar-refractivity contribution in [3.05, 3.63) is 86.2 Å². The Morgan fingerprint density at radius 1 is 1.10 bits per heavy atom. The first kappa shape index (κ1) is 26.2. The first-order chi connectivity index (χ1) is 14.9. The molecule has 6 heteroatoms. The van der Waals surface area contributed by atoms with E-state index in [2.05, 4.69) is 42.7 Å². The molecule has 0 bridgehead atoms. The monoisotopic (exact) mass is 496 g/mol. The van der Waals surface area contributed by atoms with E-state index in [4.69, 9.17) is 40.5 Å². The molecule has 1 fully saturated rings. The lowest BCUT2D eigenvalue weighted by molar-refractivity contribution is 0.366. The van der Waals surface area contributed by atoms with Crippen LogP contribution in [0.2, 0.25) is 15.1 Å². The molecule has 2 atom stereocenters. The first-order valence-corrected chi connectivity index (χ1v) is 12.2. The van der Waals surface area contributed by atoms with E-state index in [-0.39, 0.29) is 6.04 Å². The van der Waals surface area contributed by atoms with Crippen molar-refractivity contribution in [1.82, 2.24) is 0 Å². The van der Waals surface area contributed by atoms with Gasteiger partial charge < -0.3 is 10.6 Å². The van der Waals surface area contributed by atoms with Crippen LogP contribution in [0.3, 0.4) is 0 Å².